The van der Waals surface area contributed by atoms with Crippen molar-refractivity contribution in [1.29, 1.82) is 0 Å². The van der Waals surface area contributed by atoms with Crippen LogP contribution in [-0.2, 0) is 38.2 Å². The topological polar surface area (TPSA) is 116 Å². The Bertz CT molecular complexity index is 763. The van der Waals surface area contributed by atoms with Crippen LogP contribution in [0.2, 0.25) is 0 Å². The van der Waals surface area contributed by atoms with Crippen molar-refractivity contribution in [3.8, 4) is 0 Å². The number of hydrogen-bond donors (Lipinski definition) is 0. The maximum atomic E-state index is 13.0. The SMILES string of the molecule is CCOC(=O)C(C)O[C@H](CC1CC(=O)N(C(C)C(=O)OCC)C(=O)C1)C1C[C@@H](C)CC(C)C1=O. The minimum Gasteiger partial charge on any atom is -0.464 e. The zero-order valence-electron chi connectivity index (χ0n) is 21.2. The highest BCUT2D eigenvalue weighted by atomic mass is 16.6. The molecule has 0 aromatic heterocycles. The molecule has 1 aliphatic carbocycles. The van der Waals surface area contributed by atoms with Crippen LogP contribution in [0.25, 0.3) is 0 Å². The van der Waals surface area contributed by atoms with Gasteiger partial charge in [0.05, 0.1) is 19.3 Å². The normalized spacial score (nSPS) is 26.7. The number of piperidine rings is 1. The van der Waals surface area contributed by atoms with E-state index in [-0.39, 0.29) is 43.7 Å². The summed E-state index contributed by atoms with van der Waals surface area (Å²) < 4.78 is 16.1. The van der Waals surface area contributed by atoms with Crippen LogP contribution in [0, 0.1) is 23.7 Å². The molecule has 9 heteroatoms. The van der Waals surface area contributed by atoms with Gasteiger partial charge in [0.2, 0.25) is 11.8 Å². The number of likely N-dealkylation sites (tertiary alicyclic amines) is 1. The van der Waals surface area contributed by atoms with Gasteiger partial charge in [0, 0.05) is 24.7 Å². The summed E-state index contributed by atoms with van der Waals surface area (Å²) in [4.78, 5) is 63.9. The Morgan fingerprint density at radius 1 is 0.941 bits per heavy atom. The lowest BCUT2D eigenvalue weighted by Crippen LogP contribution is -2.52. The van der Waals surface area contributed by atoms with Crippen LogP contribution in [0.15, 0.2) is 0 Å². The van der Waals surface area contributed by atoms with Gasteiger partial charge < -0.3 is 14.2 Å². The molecule has 0 aromatic rings. The van der Waals surface area contributed by atoms with Crippen LogP contribution >= 0.6 is 0 Å². The fourth-order valence-electron chi connectivity index (χ4n) is 5.16. The fraction of sp³-hybridized carbons (Fsp3) is 0.800. The van der Waals surface area contributed by atoms with Crippen molar-refractivity contribution < 1.29 is 38.2 Å². The molecule has 192 valence electrons. The van der Waals surface area contributed by atoms with Crippen molar-refractivity contribution in [2.24, 2.45) is 23.7 Å². The van der Waals surface area contributed by atoms with Crippen LogP contribution in [0.3, 0.4) is 0 Å². The van der Waals surface area contributed by atoms with Gasteiger partial charge in [-0.2, -0.15) is 0 Å². The second kappa shape index (κ2) is 12.4. The monoisotopic (exact) mass is 481 g/mol. The lowest BCUT2D eigenvalue weighted by molar-refractivity contribution is -0.168. The zero-order valence-corrected chi connectivity index (χ0v) is 21.2. The third-order valence-electron chi connectivity index (χ3n) is 6.75. The number of rotatable bonds is 10. The van der Waals surface area contributed by atoms with Gasteiger partial charge in [-0.3, -0.25) is 19.3 Å². The predicted octanol–water partition coefficient (Wildman–Crippen LogP) is 2.68. The molecule has 9 nitrogen and oxygen atoms in total. The Hall–Kier alpha value is -2.29. The number of hydrogen-bond acceptors (Lipinski definition) is 8. The molecule has 34 heavy (non-hydrogen) atoms. The van der Waals surface area contributed by atoms with Gasteiger partial charge in [-0.25, -0.2) is 9.59 Å². The van der Waals surface area contributed by atoms with Crippen molar-refractivity contribution in [3.63, 3.8) is 0 Å². The summed E-state index contributed by atoms with van der Waals surface area (Å²) in [5.41, 5.74) is 0. The smallest absolute Gasteiger partial charge is 0.334 e. The highest BCUT2D eigenvalue weighted by Gasteiger charge is 2.43. The Balaban J connectivity index is 2.18. The van der Waals surface area contributed by atoms with Gasteiger partial charge >= 0.3 is 11.9 Å². The molecule has 1 saturated heterocycles. The quantitative estimate of drug-likeness (QED) is 0.345. The van der Waals surface area contributed by atoms with E-state index in [0.717, 1.165) is 11.3 Å². The fourth-order valence-corrected chi connectivity index (χ4v) is 5.16. The molecule has 0 radical (unpaired) electrons. The van der Waals surface area contributed by atoms with Gasteiger partial charge in [-0.15, -0.1) is 0 Å². The summed E-state index contributed by atoms with van der Waals surface area (Å²) in [5, 5.41) is 0. The van der Waals surface area contributed by atoms with Crippen molar-refractivity contribution in [1.82, 2.24) is 4.90 Å². The molecule has 0 spiro atoms. The van der Waals surface area contributed by atoms with Crippen LogP contribution in [0.1, 0.15) is 73.6 Å². The first-order valence-electron chi connectivity index (χ1n) is 12.4. The molecule has 2 fully saturated rings. The molecule has 2 aliphatic rings. The van der Waals surface area contributed by atoms with Crippen LogP contribution in [-0.4, -0.2) is 65.9 Å². The van der Waals surface area contributed by atoms with E-state index < -0.39 is 47.9 Å². The Kier molecular flexibility index (Phi) is 10.2. The number of amides is 2. The first-order valence-corrected chi connectivity index (χ1v) is 12.4. The average molecular weight is 482 g/mol. The third kappa shape index (κ3) is 6.87. The molecule has 4 unspecified atom stereocenters. The number of imide groups is 1. The molecular weight excluding hydrogens is 442 g/mol. The Labute approximate surface area is 201 Å². The summed E-state index contributed by atoms with van der Waals surface area (Å²) in [6, 6.07) is -0.988. The van der Waals surface area contributed by atoms with Gasteiger partial charge in [0.15, 0.2) is 6.10 Å². The second-order valence-electron chi connectivity index (χ2n) is 9.65. The second-order valence-corrected chi connectivity index (χ2v) is 9.65. The van der Waals surface area contributed by atoms with E-state index in [0.29, 0.717) is 18.8 Å². The number of ketones is 1. The minimum absolute atomic E-state index is 0.0507. The number of esters is 2. The number of carbonyl (C=O) groups excluding carboxylic acids is 5. The molecule has 2 rings (SSSR count). The van der Waals surface area contributed by atoms with E-state index in [4.69, 9.17) is 14.2 Å². The number of carbonyl (C=O) groups is 5. The van der Waals surface area contributed by atoms with Crippen molar-refractivity contribution in [3.05, 3.63) is 0 Å². The first kappa shape index (κ1) is 28.0. The summed E-state index contributed by atoms with van der Waals surface area (Å²) in [7, 11) is 0. The zero-order chi connectivity index (χ0) is 25.6. The highest BCUT2D eigenvalue weighted by molar-refractivity contribution is 6.01. The lowest BCUT2D eigenvalue weighted by Gasteiger charge is -2.39. The lowest BCUT2D eigenvalue weighted by atomic mass is 9.71. The highest BCUT2D eigenvalue weighted by Crippen LogP contribution is 2.37. The van der Waals surface area contributed by atoms with Crippen LogP contribution in [0.4, 0.5) is 0 Å². The van der Waals surface area contributed by atoms with E-state index in [1.165, 1.54) is 6.92 Å². The number of nitrogens with zero attached hydrogens (tertiary/aromatic N) is 1. The van der Waals surface area contributed by atoms with E-state index in [1.807, 2.05) is 6.92 Å². The first-order chi connectivity index (χ1) is 16.0. The summed E-state index contributed by atoms with van der Waals surface area (Å²) in [6.45, 7) is 10.8. The maximum Gasteiger partial charge on any atom is 0.334 e. The largest absolute Gasteiger partial charge is 0.464 e. The molecule has 2 amide bonds. The number of ether oxygens (including phenoxy) is 3. The number of Topliss-reactive ketones (excluding diaryl/α,β-unsaturated/α-hetero) is 1. The molecule has 1 aliphatic heterocycles. The average Bonchev–Trinajstić information content (AvgIpc) is 2.75. The summed E-state index contributed by atoms with van der Waals surface area (Å²) in [5.74, 6) is -2.52. The Morgan fingerprint density at radius 3 is 2.06 bits per heavy atom. The third-order valence-corrected chi connectivity index (χ3v) is 6.75. The van der Waals surface area contributed by atoms with Crippen molar-refractivity contribution >= 4 is 29.5 Å². The molecule has 0 N–H and O–H groups in total. The van der Waals surface area contributed by atoms with Crippen molar-refractivity contribution in [2.75, 3.05) is 13.2 Å². The molecule has 1 saturated carbocycles. The summed E-state index contributed by atoms with van der Waals surface area (Å²) >= 11 is 0. The molecular formula is C25H39NO8. The molecule has 1 heterocycles. The van der Waals surface area contributed by atoms with E-state index in [2.05, 4.69) is 6.92 Å². The Morgan fingerprint density at radius 2 is 1.50 bits per heavy atom. The maximum absolute atomic E-state index is 13.0. The van der Waals surface area contributed by atoms with E-state index in [1.54, 1.807) is 20.8 Å². The van der Waals surface area contributed by atoms with Gasteiger partial charge in [0.1, 0.15) is 11.8 Å². The van der Waals surface area contributed by atoms with Crippen LogP contribution < -0.4 is 0 Å². The van der Waals surface area contributed by atoms with Gasteiger partial charge in [0.25, 0.3) is 0 Å². The van der Waals surface area contributed by atoms with Gasteiger partial charge in [-0.1, -0.05) is 13.8 Å². The van der Waals surface area contributed by atoms with Crippen LogP contribution in [0.5, 0.6) is 0 Å². The minimum atomic E-state index is -0.988. The van der Waals surface area contributed by atoms with Gasteiger partial charge in [-0.05, 0) is 58.8 Å². The van der Waals surface area contributed by atoms with E-state index >= 15 is 0 Å². The standard InChI is InChI=1S/C25H39NO8/c1-7-32-24(30)16(5)26-21(27)12-18(13-22(26)28)11-20(34-17(6)25(31)33-8-2)19-10-14(3)9-15(4)23(19)29/h14-20H,7-13H2,1-6H3/t14-,15?,16?,17?,19?,20+/m0/s1. The molecule has 0 aromatic carbocycles. The predicted molar refractivity (Wildman–Crippen MR) is 122 cm³/mol. The van der Waals surface area contributed by atoms with Crippen molar-refractivity contribution in [2.45, 2.75) is 91.9 Å². The molecule has 6 atom stereocenters. The van der Waals surface area contributed by atoms with E-state index in [9.17, 15) is 24.0 Å². The summed E-state index contributed by atoms with van der Waals surface area (Å²) in [6.07, 6.45) is 0.334. The molecule has 0 bridgehead atoms.